The molecule has 1 atom stereocenters. The van der Waals surface area contributed by atoms with Gasteiger partial charge in [-0.25, -0.2) is 8.42 Å². The molecule has 2 heterocycles. The van der Waals surface area contributed by atoms with Crippen LogP contribution in [0, 0.1) is 5.41 Å². The van der Waals surface area contributed by atoms with Gasteiger partial charge in [-0.05, 0) is 54.9 Å². The highest BCUT2D eigenvalue weighted by molar-refractivity contribution is 7.93. The summed E-state index contributed by atoms with van der Waals surface area (Å²) in [6.07, 6.45) is -3.46. The smallest absolute Gasteiger partial charge is 0.389 e. The molecular weight excluding hydrogens is 533 g/mol. The fraction of sp³-hybridized carbons (Fsp3) is 0.571. The zero-order chi connectivity index (χ0) is 29.1. The van der Waals surface area contributed by atoms with Gasteiger partial charge in [-0.2, -0.15) is 13.2 Å². The van der Waals surface area contributed by atoms with Crippen molar-refractivity contribution >= 4 is 15.8 Å². The van der Waals surface area contributed by atoms with Crippen LogP contribution in [0.3, 0.4) is 0 Å². The maximum Gasteiger partial charge on any atom is 0.389 e. The lowest BCUT2D eigenvalue weighted by molar-refractivity contribution is -0.141. The highest BCUT2D eigenvalue weighted by Crippen LogP contribution is 2.37. The molecule has 0 radical (unpaired) electrons. The normalized spacial score (nSPS) is 17.6. The second-order valence-electron chi connectivity index (χ2n) is 11.2. The molecule has 7 nitrogen and oxygen atoms in total. The Hall–Kier alpha value is -2.50. The van der Waals surface area contributed by atoms with Crippen LogP contribution in [0.15, 0.2) is 47.5 Å². The number of hydrogen-bond donors (Lipinski definition) is 1. The number of ether oxygens (including phenoxy) is 1. The van der Waals surface area contributed by atoms with Crippen LogP contribution >= 0.6 is 0 Å². The van der Waals surface area contributed by atoms with E-state index in [1.54, 1.807) is 31.4 Å². The molecule has 1 aliphatic rings. The number of aryl methyl sites for hydroxylation is 1. The number of aliphatic carboxylic acids is 1. The summed E-state index contributed by atoms with van der Waals surface area (Å²) in [5.74, 6) is -1.35. The van der Waals surface area contributed by atoms with E-state index in [2.05, 4.69) is 30.7 Å². The first-order chi connectivity index (χ1) is 18.1. The van der Waals surface area contributed by atoms with Crippen LogP contribution in [-0.4, -0.2) is 73.1 Å². The summed E-state index contributed by atoms with van der Waals surface area (Å²) in [4.78, 5) is 18.7. The Kier molecular flexibility index (Phi) is 9.50. The topological polar surface area (TPSA) is 96.8 Å². The largest absolute Gasteiger partial charge is 0.480 e. The van der Waals surface area contributed by atoms with Crippen molar-refractivity contribution in [2.24, 2.45) is 5.41 Å². The summed E-state index contributed by atoms with van der Waals surface area (Å²) in [5.41, 5.74) is 1.71. The number of piperidine rings is 1. The molecule has 11 heteroatoms. The van der Waals surface area contributed by atoms with Gasteiger partial charge in [-0.1, -0.05) is 39.0 Å². The number of halogens is 3. The van der Waals surface area contributed by atoms with Crippen molar-refractivity contribution in [1.29, 1.82) is 0 Å². The minimum Gasteiger partial charge on any atom is -0.480 e. The number of carboxylic acid groups (broad SMARTS) is 1. The van der Waals surface area contributed by atoms with Crippen molar-refractivity contribution in [2.45, 2.75) is 74.8 Å². The van der Waals surface area contributed by atoms with E-state index in [1.165, 1.54) is 18.3 Å². The van der Waals surface area contributed by atoms with Crippen molar-refractivity contribution in [2.75, 3.05) is 26.7 Å². The maximum atomic E-state index is 13.6. The van der Waals surface area contributed by atoms with E-state index in [4.69, 9.17) is 4.74 Å². The fourth-order valence-corrected chi connectivity index (χ4v) is 6.79. The van der Waals surface area contributed by atoms with Crippen molar-refractivity contribution < 1.29 is 36.2 Å². The molecule has 39 heavy (non-hydrogen) atoms. The predicted octanol–water partition coefficient (Wildman–Crippen LogP) is 5.39. The van der Waals surface area contributed by atoms with Gasteiger partial charge in [-0.15, -0.1) is 0 Å². The van der Waals surface area contributed by atoms with Crippen LogP contribution in [0.4, 0.5) is 13.2 Å². The molecule has 1 aromatic carbocycles. The monoisotopic (exact) mass is 570 g/mol. The number of hydrogen-bond acceptors (Lipinski definition) is 6. The van der Waals surface area contributed by atoms with Crippen LogP contribution in [0.1, 0.15) is 52.0 Å². The summed E-state index contributed by atoms with van der Waals surface area (Å²) < 4.78 is 68.1. The zero-order valence-corrected chi connectivity index (χ0v) is 23.6. The van der Waals surface area contributed by atoms with Gasteiger partial charge in [0.25, 0.3) is 0 Å². The number of alkyl halides is 3. The quantitative estimate of drug-likeness (QED) is 0.409. The van der Waals surface area contributed by atoms with Crippen LogP contribution in [0.5, 0.6) is 0 Å². The van der Waals surface area contributed by atoms with Gasteiger partial charge in [0.05, 0.1) is 16.7 Å². The van der Waals surface area contributed by atoms with E-state index in [9.17, 15) is 31.5 Å². The maximum absolute atomic E-state index is 13.6. The lowest BCUT2D eigenvalue weighted by Gasteiger charge is -2.41. The molecule has 1 aromatic heterocycles. The van der Waals surface area contributed by atoms with E-state index >= 15 is 0 Å². The van der Waals surface area contributed by atoms with Gasteiger partial charge in [-0.3, -0.25) is 9.78 Å². The molecule has 1 N–H and O–H groups in total. The van der Waals surface area contributed by atoms with E-state index < -0.39 is 33.2 Å². The number of methoxy groups -OCH3 is 1. The summed E-state index contributed by atoms with van der Waals surface area (Å²) in [6.45, 7) is 7.40. The number of sulfone groups is 1. The van der Waals surface area contributed by atoms with Crippen LogP contribution in [0.25, 0.3) is 11.3 Å². The van der Waals surface area contributed by atoms with Crippen LogP contribution < -0.4 is 0 Å². The fourth-order valence-electron chi connectivity index (χ4n) is 4.90. The standard InChI is InChI=1S/C28H37F3N2O5S/c1-26(2,3)24(38-4)19-33-16-14-27(15-17-33,25(34)35)39(36,37)22-10-8-21(9-11-22)23-12-7-20(18-32-23)6-5-13-28(29,30)31/h7-12,18,24H,5-6,13-17,19H2,1-4H3,(H,34,35). The van der Waals surface area contributed by atoms with Gasteiger partial charge in [0.2, 0.25) is 0 Å². The molecule has 0 aliphatic carbocycles. The van der Waals surface area contributed by atoms with E-state index in [0.29, 0.717) is 36.5 Å². The Labute approximate surface area is 228 Å². The number of benzene rings is 1. The average Bonchev–Trinajstić information content (AvgIpc) is 2.86. The molecule has 3 rings (SSSR count). The van der Waals surface area contributed by atoms with Crippen molar-refractivity contribution in [3.8, 4) is 11.3 Å². The van der Waals surface area contributed by atoms with Crippen molar-refractivity contribution in [1.82, 2.24) is 9.88 Å². The molecule has 0 bridgehead atoms. The summed E-state index contributed by atoms with van der Waals surface area (Å²) in [7, 11) is -2.57. The Bertz CT molecular complexity index is 1220. The molecule has 1 unspecified atom stereocenters. The number of likely N-dealkylation sites (tertiary alicyclic amines) is 1. The van der Waals surface area contributed by atoms with Gasteiger partial charge < -0.3 is 14.7 Å². The van der Waals surface area contributed by atoms with E-state index in [1.807, 2.05) is 0 Å². The number of pyridine rings is 1. The highest BCUT2D eigenvalue weighted by atomic mass is 32.2. The van der Waals surface area contributed by atoms with Crippen molar-refractivity contribution in [3.63, 3.8) is 0 Å². The Morgan fingerprint density at radius 2 is 1.72 bits per heavy atom. The molecule has 2 aromatic rings. The molecule has 0 amide bonds. The predicted molar refractivity (Wildman–Crippen MR) is 142 cm³/mol. The van der Waals surface area contributed by atoms with Gasteiger partial charge in [0, 0.05) is 44.9 Å². The Morgan fingerprint density at radius 1 is 1.10 bits per heavy atom. The minimum atomic E-state index is -4.21. The SMILES string of the molecule is COC(CN1CCC(C(=O)O)(S(=O)(=O)c2ccc(-c3ccc(CCCC(F)(F)F)cn3)cc2)CC1)C(C)(C)C. The van der Waals surface area contributed by atoms with Crippen LogP contribution in [-0.2, 0) is 25.8 Å². The van der Waals surface area contributed by atoms with E-state index in [-0.39, 0.29) is 42.1 Å². The molecule has 0 saturated carbocycles. The Morgan fingerprint density at radius 3 is 2.18 bits per heavy atom. The molecule has 216 valence electrons. The third-order valence-corrected chi connectivity index (χ3v) is 9.96. The molecule has 1 fully saturated rings. The van der Waals surface area contributed by atoms with Gasteiger partial charge >= 0.3 is 12.1 Å². The number of carbonyl (C=O) groups is 1. The third-order valence-electron chi connectivity index (χ3n) is 7.45. The summed E-state index contributed by atoms with van der Waals surface area (Å²) >= 11 is 0. The second kappa shape index (κ2) is 11.9. The second-order valence-corrected chi connectivity index (χ2v) is 13.5. The van der Waals surface area contributed by atoms with Crippen LogP contribution in [0.2, 0.25) is 0 Å². The number of aromatic nitrogens is 1. The first kappa shape index (κ1) is 31.0. The molecular formula is C28H37F3N2O5S. The van der Waals surface area contributed by atoms with Crippen molar-refractivity contribution in [3.05, 3.63) is 48.2 Å². The minimum absolute atomic E-state index is 0.0241. The zero-order valence-electron chi connectivity index (χ0n) is 22.8. The van der Waals surface area contributed by atoms with E-state index in [0.717, 1.165) is 0 Å². The summed E-state index contributed by atoms with van der Waals surface area (Å²) in [5, 5.41) is 10.1. The average molecular weight is 571 g/mol. The van der Waals surface area contributed by atoms with Gasteiger partial charge in [0.1, 0.15) is 0 Å². The van der Waals surface area contributed by atoms with Gasteiger partial charge in [0.15, 0.2) is 14.6 Å². The molecule has 1 saturated heterocycles. The summed E-state index contributed by atoms with van der Waals surface area (Å²) in [6, 6.07) is 9.28. The first-order valence-electron chi connectivity index (χ1n) is 12.9. The number of nitrogens with zero attached hydrogens (tertiary/aromatic N) is 2. The number of rotatable bonds is 10. The lowest BCUT2D eigenvalue weighted by atomic mass is 9.87. The number of carboxylic acids is 1. The third kappa shape index (κ3) is 7.37. The first-order valence-corrected chi connectivity index (χ1v) is 14.4. The Balaban J connectivity index is 1.72. The lowest BCUT2D eigenvalue weighted by Crippen LogP contribution is -2.55. The molecule has 1 aliphatic heterocycles. The highest BCUT2D eigenvalue weighted by Gasteiger charge is 2.53. The molecule has 0 spiro atoms.